The first kappa shape index (κ1) is 18.9. The van der Waals surface area contributed by atoms with E-state index in [1.54, 1.807) is 0 Å². The Bertz CT molecular complexity index is 780. The van der Waals surface area contributed by atoms with Crippen molar-refractivity contribution in [3.8, 4) is 0 Å². The molecule has 0 radical (unpaired) electrons. The lowest BCUT2D eigenvalue weighted by atomic mass is 10.0. The highest BCUT2D eigenvalue weighted by atomic mass is 35.5. The Morgan fingerprint density at radius 2 is 1.96 bits per heavy atom. The van der Waals surface area contributed by atoms with Gasteiger partial charge in [0.05, 0.1) is 18.2 Å². The lowest BCUT2D eigenvalue weighted by molar-refractivity contribution is -0.120. The van der Waals surface area contributed by atoms with Crippen LogP contribution in [0.3, 0.4) is 0 Å². The van der Waals surface area contributed by atoms with Crippen LogP contribution in [0.25, 0.3) is 0 Å². The molecule has 1 fully saturated rings. The van der Waals surface area contributed by atoms with Gasteiger partial charge in [-0.25, -0.2) is 0 Å². The van der Waals surface area contributed by atoms with Crippen LogP contribution in [0.1, 0.15) is 41.4 Å². The molecule has 1 N–H and O–H groups in total. The number of likely N-dealkylation sites (tertiary alicyclic amines) is 1. The smallest absolute Gasteiger partial charge is 0.224 e. The van der Waals surface area contributed by atoms with Crippen molar-refractivity contribution in [3.05, 3.63) is 51.8 Å². The van der Waals surface area contributed by atoms with Gasteiger partial charge in [0.15, 0.2) is 0 Å². The van der Waals surface area contributed by atoms with E-state index in [0.29, 0.717) is 13.0 Å². The minimum atomic E-state index is 0.0282. The number of hydrogen-bond acceptors (Lipinski definition) is 3. The molecule has 0 spiro atoms. The minimum absolute atomic E-state index is 0.0282. The summed E-state index contributed by atoms with van der Waals surface area (Å²) < 4.78 is 1.83. The summed E-state index contributed by atoms with van der Waals surface area (Å²) in [5.74, 6) is 0.0282. The summed E-state index contributed by atoms with van der Waals surface area (Å²) in [7, 11) is 1.91. The Labute approximate surface area is 160 Å². The van der Waals surface area contributed by atoms with Gasteiger partial charge in [-0.05, 0) is 51.4 Å². The SMILES string of the molecule is Cc1nn(C)c(C)c1CC(=O)NCC(c1ccccc1Cl)N1CCCC1. The summed E-state index contributed by atoms with van der Waals surface area (Å²) in [5, 5.41) is 8.28. The predicted octanol–water partition coefficient (Wildman–Crippen LogP) is 3.19. The highest BCUT2D eigenvalue weighted by Crippen LogP contribution is 2.29. The first-order chi connectivity index (χ1) is 12.5. The summed E-state index contributed by atoms with van der Waals surface area (Å²) in [4.78, 5) is 15.0. The first-order valence-electron chi connectivity index (χ1n) is 9.21. The molecule has 1 atom stereocenters. The van der Waals surface area contributed by atoms with E-state index in [-0.39, 0.29) is 11.9 Å². The van der Waals surface area contributed by atoms with Crippen molar-refractivity contribution < 1.29 is 4.79 Å². The minimum Gasteiger partial charge on any atom is -0.354 e. The number of nitrogens with one attached hydrogen (secondary N) is 1. The zero-order chi connectivity index (χ0) is 18.7. The van der Waals surface area contributed by atoms with Gasteiger partial charge in [0.2, 0.25) is 5.91 Å². The lowest BCUT2D eigenvalue weighted by Crippen LogP contribution is -2.37. The van der Waals surface area contributed by atoms with Crippen LogP contribution < -0.4 is 5.32 Å². The van der Waals surface area contributed by atoms with Gasteiger partial charge in [-0.1, -0.05) is 29.8 Å². The standard InChI is InChI=1S/C20H27ClN4O/c1-14-17(15(2)24(3)23-14)12-20(26)22-13-19(25-10-6-7-11-25)16-8-4-5-9-18(16)21/h4-5,8-9,19H,6-7,10-13H2,1-3H3,(H,22,26). The van der Waals surface area contributed by atoms with Gasteiger partial charge in [-0.3, -0.25) is 14.4 Å². The third-order valence-corrected chi connectivity index (χ3v) is 5.68. The Hall–Kier alpha value is -1.85. The number of nitrogens with zero attached hydrogens (tertiary/aromatic N) is 3. The Balaban J connectivity index is 1.69. The third-order valence-electron chi connectivity index (χ3n) is 5.33. The van der Waals surface area contributed by atoms with Gasteiger partial charge >= 0.3 is 0 Å². The molecule has 140 valence electrons. The molecular formula is C20H27ClN4O. The van der Waals surface area contributed by atoms with Crippen LogP contribution in [0.4, 0.5) is 0 Å². The second-order valence-electron chi connectivity index (χ2n) is 7.03. The molecule has 5 nitrogen and oxygen atoms in total. The first-order valence-corrected chi connectivity index (χ1v) is 9.59. The van der Waals surface area contributed by atoms with E-state index in [1.807, 2.05) is 43.8 Å². The van der Waals surface area contributed by atoms with E-state index in [1.165, 1.54) is 12.8 Å². The van der Waals surface area contributed by atoms with Crippen LogP contribution >= 0.6 is 11.6 Å². The molecule has 0 aliphatic carbocycles. The van der Waals surface area contributed by atoms with Gasteiger partial charge in [0.25, 0.3) is 0 Å². The summed E-state index contributed by atoms with van der Waals surface area (Å²) in [6, 6.07) is 8.05. The van der Waals surface area contributed by atoms with Crippen molar-refractivity contribution in [2.75, 3.05) is 19.6 Å². The van der Waals surface area contributed by atoms with E-state index >= 15 is 0 Å². The third kappa shape index (κ3) is 4.10. The highest BCUT2D eigenvalue weighted by Gasteiger charge is 2.25. The van der Waals surface area contributed by atoms with Gasteiger partial charge in [-0.15, -0.1) is 0 Å². The molecular weight excluding hydrogens is 348 g/mol. The fourth-order valence-corrected chi connectivity index (χ4v) is 4.00. The maximum absolute atomic E-state index is 12.6. The van der Waals surface area contributed by atoms with Crippen molar-refractivity contribution >= 4 is 17.5 Å². The molecule has 6 heteroatoms. The van der Waals surface area contributed by atoms with E-state index in [0.717, 1.165) is 40.6 Å². The van der Waals surface area contributed by atoms with Crippen molar-refractivity contribution in [2.24, 2.45) is 7.05 Å². The quantitative estimate of drug-likeness (QED) is 0.844. The number of hydrogen-bond donors (Lipinski definition) is 1. The van der Waals surface area contributed by atoms with Crippen LogP contribution in [0.2, 0.25) is 5.02 Å². The normalized spacial score (nSPS) is 16.0. The largest absolute Gasteiger partial charge is 0.354 e. The molecule has 0 bridgehead atoms. The van der Waals surface area contributed by atoms with Crippen LogP contribution in [0.15, 0.2) is 24.3 Å². The zero-order valence-electron chi connectivity index (χ0n) is 15.8. The second kappa shape index (κ2) is 8.23. The number of aromatic nitrogens is 2. The Kier molecular flexibility index (Phi) is 5.99. The Morgan fingerprint density at radius 3 is 2.58 bits per heavy atom. The fraction of sp³-hybridized carbons (Fsp3) is 0.500. The average molecular weight is 375 g/mol. The van der Waals surface area contributed by atoms with Gasteiger partial charge < -0.3 is 5.32 Å². The summed E-state index contributed by atoms with van der Waals surface area (Å²) in [6.45, 7) is 6.62. The topological polar surface area (TPSA) is 50.2 Å². The summed E-state index contributed by atoms with van der Waals surface area (Å²) in [6.07, 6.45) is 2.76. The van der Waals surface area contributed by atoms with Crippen LogP contribution in [0, 0.1) is 13.8 Å². The van der Waals surface area contributed by atoms with Crippen molar-refractivity contribution in [1.82, 2.24) is 20.0 Å². The molecule has 1 aromatic heterocycles. The maximum atomic E-state index is 12.6. The molecule has 2 aromatic rings. The highest BCUT2D eigenvalue weighted by molar-refractivity contribution is 6.31. The number of aryl methyl sites for hydroxylation is 2. The lowest BCUT2D eigenvalue weighted by Gasteiger charge is -2.29. The zero-order valence-corrected chi connectivity index (χ0v) is 16.5. The number of amides is 1. The predicted molar refractivity (Wildman–Crippen MR) is 104 cm³/mol. The van der Waals surface area contributed by atoms with E-state index in [4.69, 9.17) is 11.6 Å². The van der Waals surface area contributed by atoms with Gasteiger partial charge in [0.1, 0.15) is 0 Å². The van der Waals surface area contributed by atoms with Crippen LogP contribution in [-0.2, 0) is 18.3 Å². The molecule has 1 aliphatic rings. The average Bonchev–Trinajstić information content (AvgIpc) is 3.22. The number of rotatable bonds is 6. The van der Waals surface area contributed by atoms with Gasteiger partial charge in [0, 0.05) is 29.9 Å². The summed E-state index contributed by atoms with van der Waals surface area (Å²) >= 11 is 6.44. The summed E-state index contributed by atoms with van der Waals surface area (Å²) in [5.41, 5.74) is 4.06. The van der Waals surface area contributed by atoms with Crippen LogP contribution in [0.5, 0.6) is 0 Å². The van der Waals surface area contributed by atoms with Crippen molar-refractivity contribution in [1.29, 1.82) is 0 Å². The molecule has 26 heavy (non-hydrogen) atoms. The molecule has 1 amide bonds. The molecule has 1 unspecified atom stereocenters. The van der Waals surface area contributed by atoms with E-state index < -0.39 is 0 Å². The van der Waals surface area contributed by atoms with E-state index in [2.05, 4.69) is 21.4 Å². The maximum Gasteiger partial charge on any atom is 0.224 e. The monoisotopic (exact) mass is 374 g/mol. The van der Waals surface area contributed by atoms with E-state index in [9.17, 15) is 4.79 Å². The Morgan fingerprint density at radius 1 is 1.27 bits per heavy atom. The fourth-order valence-electron chi connectivity index (χ4n) is 3.74. The number of halogens is 1. The molecule has 3 rings (SSSR count). The van der Waals surface area contributed by atoms with Crippen molar-refractivity contribution in [3.63, 3.8) is 0 Å². The number of carbonyl (C=O) groups is 1. The number of benzene rings is 1. The second-order valence-corrected chi connectivity index (χ2v) is 7.44. The molecule has 2 heterocycles. The molecule has 1 aliphatic heterocycles. The molecule has 0 saturated carbocycles. The molecule has 1 saturated heterocycles. The molecule has 1 aromatic carbocycles. The number of carbonyl (C=O) groups excluding carboxylic acids is 1. The van der Waals surface area contributed by atoms with Crippen LogP contribution in [-0.4, -0.2) is 40.2 Å². The van der Waals surface area contributed by atoms with Gasteiger partial charge in [-0.2, -0.15) is 5.10 Å². The van der Waals surface area contributed by atoms with Crippen molar-refractivity contribution in [2.45, 2.75) is 39.2 Å².